The number of methoxy groups -OCH3 is 1. The van der Waals surface area contributed by atoms with Gasteiger partial charge in [0.1, 0.15) is 5.82 Å². The number of rotatable bonds is 5. The molecule has 0 radical (unpaired) electrons. The van der Waals surface area contributed by atoms with Gasteiger partial charge in [-0.3, -0.25) is 19.7 Å². The Balaban J connectivity index is 1.96. The maximum absolute atomic E-state index is 13.4. The monoisotopic (exact) mass is 414 g/mol. The van der Waals surface area contributed by atoms with Gasteiger partial charge < -0.3 is 9.30 Å². The van der Waals surface area contributed by atoms with Crippen molar-refractivity contribution in [2.45, 2.75) is 13.2 Å². The molecule has 0 aliphatic carbocycles. The van der Waals surface area contributed by atoms with E-state index in [0.29, 0.717) is 22.3 Å². The van der Waals surface area contributed by atoms with Gasteiger partial charge in [0.25, 0.3) is 11.1 Å². The van der Waals surface area contributed by atoms with Crippen molar-refractivity contribution in [1.29, 1.82) is 0 Å². The Labute approximate surface area is 168 Å². The van der Waals surface area contributed by atoms with Gasteiger partial charge in [-0.05, 0) is 30.3 Å². The van der Waals surface area contributed by atoms with E-state index in [-0.39, 0.29) is 29.4 Å². The average Bonchev–Trinajstić information content (AvgIpc) is 3.01. The number of nitrogens with one attached hydrogen (secondary N) is 1. The van der Waals surface area contributed by atoms with Gasteiger partial charge >= 0.3 is 0 Å². The summed E-state index contributed by atoms with van der Waals surface area (Å²) in [4.78, 5) is 30.2. The van der Waals surface area contributed by atoms with Crippen LogP contribution in [0.1, 0.15) is 11.4 Å². The number of pyridine rings is 2. The molecule has 1 N–H and O–H groups in total. The van der Waals surface area contributed by atoms with Crippen LogP contribution in [-0.2, 0) is 17.9 Å². The molecule has 0 saturated heterocycles. The Bertz CT molecular complexity index is 1310. The molecule has 0 spiro atoms. The molecule has 148 valence electrons. The van der Waals surface area contributed by atoms with Gasteiger partial charge in [0.05, 0.1) is 46.2 Å². The van der Waals surface area contributed by atoms with Gasteiger partial charge in [-0.25, -0.2) is 9.07 Å². The predicted octanol–water partition coefficient (Wildman–Crippen LogP) is 2.86. The summed E-state index contributed by atoms with van der Waals surface area (Å²) in [7, 11) is 1.48. The molecule has 0 aliphatic rings. The minimum atomic E-state index is -0.516. The fraction of sp³-hybridized carbons (Fsp3) is 0.150. The van der Waals surface area contributed by atoms with Crippen molar-refractivity contribution in [3.8, 4) is 5.69 Å². The van der Waals surface area contributed by atoms with E-state index in [1.165, 1.54) is 34.6 Å². The van der Waals surface area contributed by atoms with Crippen molar-refractivity contribution in [3.05, 3.63) is 91.6 Å². The minimum absolute atomic E-state index is 0.0453. The lowest BCUT2D eigenvalue weighted by Gasteiger charge is -2.12. The van der Waals surface area contributed by atoms with Crippen molar-refractivity contribution < 1.29 is 9.13 Å². The highest BCUT2D eigenvalue weighted by molar-refractivity contribution is 6.32. The minimum Gasteiger partial charge on any atom is -0.378 e. The summed E-state index contributed by atoms with van der Waals surface area (Å²) in [6.45, 7) is 0.236. The van der Waals surface area contributed by atoms with Crippen molar-refractivity contribution in [2.24, 2.45) is 0 Å². The zero-order valence-electron chi connectivity index (χ0n) is 15.4. The van der Waals surface area contributed by atoms with E-state index in [1.54, 1.807) is 18.3 Å². The molecule has 0 amide bonds. The summed E-state index contributed by atoms with van der Waals surface area (Å²) in [5, 5.41) is 3.24. The van der Waals surface area contributed by atoms with Crippen molar-refractivity contribution in [3.63, 3.8) is 0 Å². The van der Waals surface area contributed by atoms with Crippen molar-refractivity contribution >= 4 is 22.5 Å². The van der Waals surface area contributed by atoms with E-state index in [1.807, 2.05) is 6.07 Å². The first-order valence-electron chi connectivity index (χ1n) is 8.71. The third kappa shape index (κ3) is 3.48. The Morgan fingerprint density at radius 1 is 1.21 bits per heavy atom. The molecule has 29 heavy (non-hydrogen) atoms. The molecule has 7 nitrogen and oxygen atoms in total. The second kappa shape index (κ2) is 7.65. The molecule has 0 fully saturated rings. The van der Waals surface area contributed by atoms with Crippen LogP contribution < -0.4 is 11.1 Å². The maximum atomic E-state index is 13.4. The van der Waals surface area contributed by atoms with Gasteiger partial charge in [0.2, 0.25) is 0 Å². The second-order valence-electron chi connectivity index (χ2n) is 6.41. The van der Waals surface area contributed by atoms with Crippen LogP contribution in [0.3, 0.4) is 0 Å². The molecule has 0 unspecified atom stereocenters. The van der Waals surface area contributed by atoms with E-state index in [4.69, 9.17) is 16.3 Å². The fourth-order valence-corrected chi connectivity index (χ4v) is 3.50. The number of fused-ring (bicyclic) bond motifs is 1. The molecule has 4 aromatic rings. The molecular weight excluding hydrogens is 399 g/mol. The van der Waals surface area contributed by atoms with Crippen LogP contribution in [0.5, 0.6) is 0 Å². The van der Waals surface area contributed by atoms with E-state index >= 15 is 0 Å². The average molecular weight is 415 g/mol. The number of ether oxygens (including phenoxy) is 1. The predicted molar refractivity (Wildman–Crippen MR) is 107 cm³/mol. The standard InChI is InChI=1S/C20H16ClFN4O3/c1-29-11-17-19-15(9-18(27)25(17)10-13-4-2-3-7-23-13)24-26(20(19)28)16-6-5-12(22)8-14(16)21/h2-9,24H,10-11H2,1H3. The summed E-state index contributed by atoms with van der Waals surface area (Å²) in [5.41, 5.74) is 0.970. The highest BCUT2D eigenvalue weighted by Crippen LogP contribution is 2.22. The number of aromatic amines is 1. The Kier molecular flexibility index (Phi) is 5.04. The van der Waals surface area contributed by atoms with Gasteiger partial charge in [0, 0.05) is 19.4 Å². The van der Waals surface area contributed by atoms with Crippen LogP contribution in [0.15, 0.2) is 58.3 Å². The van der Waals surface area contributed by atoms with Crippen molar-refractivity contribution in [2.75, 3.05) is 7.11 Å². The lowest BCUT2D eigenvalue weighted by Crippen LogP contribution is -2.26. The fourth-order valence-electron chi connectivity index (χ4n) is 3.25. The quantitative estimate of drug-likeness (QED) is 0.544. The number of hydrogen-bond acceptors (Lipinski definition) is 4. The number of nitrogens with zero attached hydrogens (tertiary/aromatic N) is 3. The Morgan fingerprint density at radius 3 is 2.72 bits per heavy atom. The van der Waals surface area contributed by atoms with Crippen molar-refractivity contribution in [1.82, 2.24) is 19.3 Å². The third-order valence-electron chi connectivity index (χ3n) is 4.54. The van der Waals surface area contributed by atoms with Crippen LogP contribution in [-0.4, -0.2) is 26.4 Å². The first-order valence-corrected chi connectivity index (χ1v) is 9.09. The smallest absolute Gasteiger partial charge is 0.281 e. The molecule has 9 heteroatoms. The van der Waals surface area contributed by atoms with Gasteiger partial charge in [-0.2, -0.15) is 0 Å². The number of aromatic nitrogens is 4. The lowest BCUT2D eigenvalue weighted by molar-refractivity contribution is 0.178. The lowest BCUT2D eigenvalue weighted by atomic mass is 10.2. The number of benzene rings is 1. The molecule has 0 atom stereocenters. The Morgan fingerprint density at radius 2 is 2.03 bits per heavy atom. The SMILES string of the molecule is COCc1c2c(=O)n(-c3ccc(F)cc3Cl)[nH]c2cc(=O)n1Cc1ccccn1. The van der Waals surface area contributed by atoms with E-state index in [0.717, 1.165) is 6.07 Å². The molecular formula is C20H16ClFN4O3. The molecule has 3 aromatic heterocycles. The first kappa shape index (κ1) is 19.1. The summed E-state index contributed by atoms with van der Waals surface area (Å²) in [5.74, 6) is -0.516. The number of hydrogen-bond donors (Lipinski definition) is 1. The molecule has 4 rings (SSSR count). The summed E-state index contributed by atoms with van der Waals surface area (Å²) >= 11 is 6.11. The molecule has 0 bridgehead atoms. The zero-order chi connectivity index (χ0) is 20.5. The molecule has 0 aliphatic heterocycles. The largest absolute Gasteiger partial charge is 0.378 e. The van der Waals surface area contributed by atoms with E-state index < -0.39 is 11.4 Å². The van der Waals surface area contributed by atoms with E-state index in [2.05, 4.69) is 10.1 Å². The first-order chi connectivity index (χ1) is 14.0. The normalized spacial score (nSPS) is 11.3. The highest BCUT2D eigenvalue weighted by Gasteiger charge is 2.19. The summed E-state index contributed by atoms with van der Waals surface area (Å²) < 4.78 is 21.3. The topological polar surface area (TPSA) is 81.9 Å². The molecule has 3 heterocycles. The van der Waals surface area contributed by atoms with Gasteiger partial charge in [-0.15, -0.1) is 0 Å². The van der Waals surface area contributed by atoms with Gasteiger partial charge in [0.15, 0.2) is 0 Å². The van der Waals surface area contributed by atoms with Crippen LogP contribution in [0, 0.1) is 5.82 Å². The van der Waals surface area contributed by atoms with E-state index in [9.17, 15) is 14.0 Å². The number of H-pyrrole nitrogens is 1. The maximum Gasteiger partial charge on any atom is 0.281 e. The van der Waals surface area contributed by atoms with Crippen LogP contribution >= 0.6 is 11.6 Å². The van der Waals surface area contributed by atoms with Crippen LogP contribution in [0.4, 0.5) is 4.39 Å². The molecule has 0 saturated carbocycles. The highest BCUT2D eigenvalue weighted by atomic mass is 35.5. The third-order valence-corrected chi connectivity index (χ3v) is 4.85. The summed E-state index contributed by atoms with van der Waals surface area (Å²) in [6.07, 6.45) is 1.63. The second-order valence-corrected chi connectivity index (χ2v) is 6.81. The zero-order valence-corrected chi connectivity index (χ0v) is 16.1. The number of halogens is 2. The van der Waals surface area contributed by atoms with Gasteiger partial charge in [-0.1, -0.05) is 17.7 Å². The van der Waals surface area contributed by atoms with Crippen LogP contribution in [0.25, 0.3) is 16.6 Å². The Hall–Kier alpha value is -3.23. The molecule has 1 aromatic carbocycles. The summed E-state index contributed by atoms with van der Waals surface area (Å²) in [6, 6.07) is 10.4. The van der Waals surface area contributed by atoms with Crippen LogP contribution in [0.2, 0.25) is 5.02 Å².